The van der Waals surface area contributed by atoms with Gasteiger partial charge < -0.3 is 14.8 Å². The van der Waals surface area contributed by atoms with Crippen LogP contribution in [-0.4, -0.2) is 20.1 Å². The summed E-state index contributed by atoms with van der Waals surface area (Å²) in [7, 11) is 3.23. The van der Waals surface area contributed by atoms with Gasteiger partial charge in [-0.05, 0) is 64.9 Å². The second kappa shape index (κ2) is 8.03. The van der Waals surface area contributed by atoms with Crippen molar-refractivity contribution in [3.63, 3.8) is 0 Å². The van der Waals surface area contributed by atoms with Gasteiger partial charge in [-0.15, -0.1) is 0 Å². The fraction of sp³-hybridized carbons (Fsp3) is 0.235. The molecule has 5 heteroatoms. The van der Waals surface area contributed by atoms with Gasteiger partial charge >= 0.3 is 0 Å². The van der Waals surface area contributed by atoms with E-state index >= 15 is 0 Å². The molecule has 1 N–H and O–H groups in total. The van der Waals surface area contributed by atoms with Crippen molar-refractivity contribution in [2.75, 3.05) is 19.5 Å². The Balaban J connectivity index is 1.96. The van der Waals surface area contributed by atoms with Crippen molar-refractivity contribution in [3.8, 4) is 11.5 Å². The highest BCUT2D eigenvalue weighted by Crippen LogP contribution is 2.23. The summed E-state index contributed by atoms with van der Waals surface area (Å²) in [5.41, 5.74) is 1.83. The highest BCUT2D eigenvalue weighted by atomic mass is 127. The molecule has 0 spiro atoms. The van der Waals surface area contributed by atoms with Crippen LogP contribution < -0.4 is 14.8 Å². The molecule has 4 nitrogen and oxygen atoms in total. The van der Waals surface area contributed by atoms with Crippen molar-refractivity contribution in [1.29, 1.82) is 0 Å². The van der Waals surface area contributed by atoms with E-state index < -0.39 is 0 Å². The summed E-state index contributed by atoms with van der Waals surface area (Å²) in [5.74, 6) is 1.45. The summed E-state index contributed by atoms with van der Waals surface area (Å²) >= 11 is 2.22. The number of benzene rings is 2. The number of methoxy groups -OCH3 is 2. The van der Waals surface area contributed by atoms with Crippen LogP contribution in [0.5, 0.6) is 11.5 Å². The quantitative estimate of drug-likeness (QED) is 0.735. The number of nitrogens with one attached hydrogen (secondary N) is 1. The molecule has 0 atom stereocenters. The molecule has 2 rings (SSSR count). The molecule has 0 fully saturated rings. The maximum Gasteiger partial charge on any atom is 0.224 e. The third-order valence-corrected chi connectivity index (χ3v) is 3.83. The van der Waals surface area contributed by atoms with Crippen molar-refractivity contribution in [2.24, 2.45) is 0 Å². The Hall–Kier alpha value is -1.76. The number of anilines is 1. The third-order valence-electron chi connectivity index (χ3n) is 3.16. The largest absolute Gasteiger partial charge is 0.497 e. The maximum absolute atomic E-state index is 12.0. The van der Waals surface area contributed by atoms with Crippen molar-refractivity contribution >= 4 is 34.2 Å². The summed E-state index contributed by atoms with van der Waals surface area (Å²) in [4.78, 5) is 12.0. The van der Waals surface area contributed by atoms with Gasteiger partial charge in [-0.25, -0.2) is 0 Å². The van der Waals surface area contributed by atoms with Gasteiger partial charge in [0.05, 0.1) is 14.2 Å². The van der Waals surface area contributed by atoms with Crippen LogP contribution in [0.3, 0.4) is 0 Å². The van der Waals surface area contributed by atoms with E-state index in [1.807, 2.05) is 42.5 Å². The number of aryl methyl sites for hydroxylation is 1. The first-order valence-electron chi connectivity index (χ1n) is 6.88. The average Bonchev–Trinajstić information content (AvgIpc) is 2.52. The standard InChI is InChI=1S/C17H18INO3/c1-21-15-8-12(9-16(11-15)22-2)6-7-17(20)19-14-5-3-4-13(18)10-14/h3-5,8-11H,6-7H2,1-2H3,(H,19,20). The van der Waals surface area contributed by atoms with Gasteiger partial charge in [-0.1, -0.05) is 6.07 Å². The minimum atomic E-state index is -0.0104. The first kappa shape index (κ1) is 16.6. The molecule has 2 aromatic rings. The Bertz CT molecular complexity index is 636. The second-order valence-electron chi connectivity index (χ2n) is 4.78. The minimum Gasteiger partial charge on any atom is -0.497 e. The van der Waals surface area contributed by atoms with E-state index in [0.29, 0.717) is 12.8 Å². The SMILES string of the molecule is COc1cc(CCC(=O)Nc2cccc(I)c2)cc(OC)c1. The lowest BCUT2D eigenvalue weighted by Crippen LogP contribution is -2.12. The smallest absolute Gasteiger partial charge is 0.224 e. The van der Waals surface area contributed by atoms with Crippen LogP contribution in [-0.2, 0) is 11.2 Å². The number of carbonyl (C=O) groups is 1. The summed E-state index contributed by atoms with van der Waals surface area (Å²) in [6.07, 6.45) is 1.03. The van der Waals surface area contributed by atoms with Crippen molar-refractivity contribution in [2.45, 2.75) is 12.8 Å². The molecule has 1 amide bonds. The van der Waals surface area contributed by atoms with Gasteiger partial charge in [0.25, 0.3) is 0 Å². The number of ether oxygens (including phenoxy) is 2. The molecule has 0 aliphatic heterocycles. The van der Waals surface area contributed by atoms with Crippen LogP contribution in [0.15, 0.2) is 42.5 Å². The molecular weight excluding hydrogens is 393 g/mol. The fourth-order valence-corrected chi connectivity index (χ4v) is 2.60. The molecule has 0 unspecified atom stereocenters. The Labute approximate surface area is 144 Å². The van der Waals surface area contributed by atoms with Crippen LogP contribution in [0.4, 0.5) is 5.69 Å². The average molecular weight is 411 g/mol. The van der Waals surface area contributed by atoms with Gasteiger partial charge in [0.1, 0.15) is 11.5 Å². The van der Waals surface area contributed by atoms with Crippen molar-refractivity contribution < 1.29 is 14.3 Å². The lowest BCUT2D eigenvalue weighted by molar-refractivity contribution is -0.116. The number of hydrogen-bond acceptors (Lipinski definition) is 3. The van der Waals surface area contributed by atoms with E-state index in [4.69, 9.17) is 9.47 Å². The third kappa shape index (κ3) is 4.91. The first-order chi connectivity index (χ1) is 10.6. The molecule has 0 bridgehead atoms. The number of hydrogen-bond donors (Lipinski definition) is 1. The number of rotatable bonds is 6. The summed E-state index contributed by atoms with van der Waals surface area (Å²) in [5, 5.41) is 2.90. The molecule has 0 heterocycles. The molecular formula is C17H18INO3. The molecule has 0 radical (unpaired) electrons. The Morgan fingerprint density at radius 3 is 2.36 bits per heavy atom. The van der Waals surface area contributed by atoms with E-state index in [-0.39, 0.29) is 5.91 Å². The topological polar surface area (TPSA) is 47.6 Å². The summed E-state index contributed by atoms with van der Waals surface area (Å²) in [6, 6.07) is 13.4. The predicted octanol–water partition coefficient (Wildman–Crippen LogP) is 3.88. The molecule has 2 aromatic carbocycles. The van der Waals surface area contributed by atoms with Gasteiger partial charge in [-0.3, -0.25) is 4.79 Å². The van der Waals surface area contributed by atoms with Crippen molar-refractivity contribution in [1.82, 2.24) is 0 Å². The molecule has 22 heavy (non-hydrogen) atoms. The van der Waals surface area contributed by atoms with Crippen LogP contribution in [0.1, 0.15) is 12.0 Å². The molecule has 0 saturated carbocycles. The zero-order valence-corrected chi connectivity index (χ0v) is 14.7. The van der Waals surface area contributed by atoms with Crippen LogP contribution in [0, 0.1) is 3.57 Å². The highest BCUT2D eigenvalue weighted by molar-refractivity contribution is 14.1. The normalized spacial score (nSPS) is 10.1. The predicted molar refractivity (Wildman–Crippen MR) is 95.7 cm³/mol. The number of amides is 1. The Kier molecular flexibility index (Phi) is 6.06. The lowest BCUT2D eigenvalue weighted by atomic mass is 10.1. The summed E-state index contributed by atoms with van der Waals surface area (Å²) in [6.45, 7) is 0. The minimum absolute atomic E-state index is 0.0104. The molecule has 0 saturated heterocycles. The Morgan fingerprint density at radius 1 is 1.09 bits per heavy atom. The molecule has 0 aromatic heterocycles. The van der Waals surface area contributed by atoms with E-state index in [0.717, 1.165) is 26.3 Å². The van der Waals surface area contributed by atoms with Gasteiger partial charge in [-0.2, -0.15) is 0 Å². The van der Waals surface area contributed by atoms with Crippen LogP contribution >= 0.6 is 22.6 Å². The number of halogens is 1. The lowest BCUT2D eigenvalue weighted by Gasteiger charge is -2.09. The molecule has 116 valence electrons. The van der Waals surface area contributed by atoms with E-state index in [9.17, 15) is 4.79 Å². The van der Waals surface area contributed by atoms with Gasteiger partial charge in [0.15, 0.2) is 0 Å². The van der Waals surface area contributed by atoms with E-state index in [2.05, 4.69) is 27.9 Å². The Morgan fingerprint density at radius 2 is 1.77 bits per heavy atom. The van der Waals surface area contributed by atoms with Crippen LogP contribution in [0.2, 0.25) is 0 Å². The monoisotopic (exact) mass is 411 g/mol. The second-order valence-corrected chi connectivity index (χ2v) is 6.03. The zero-order valence-electron chi connectivity index (χ0n) is 12.6. The van der Waals surface area contributed by atoms with Gasteiger partial charge in [0, 0.05) is 21.7 Å². The highest BCUT2D eigenvalue weighted by Gasteiger charge is 2.06. The molecule has 0 aliphatic rings. The fourth-order valence-electron chi connectivity index (χ4n) is 2.06. The van der Waals surface area contributed by atoms with E-state index in [1.165, 1.54) is 0 Å². The van der Waals surface area contributed by atoms with Crippen LogP contribution in [0.25, 0.3) is 0 Å². The maximum atomic E-state index is 12.0. The molecule has 0 aliphatic carbocycles. The van der Waals surface area contributed by atoms with Gasteiger partial charge in [0.2, 0.25) is 5.91 Å². The zero-order chi connectivity index (χ0) is 15.9. The van der Waals surface area contributed by atoms with Crippen molar-refractivity contribution in [3.05, 3.63) is 51.6 Å². The van der Waals surface area contributed by atoms with E-state index in [1.54, 1.807) is 14.2 Å². The number of carbonyl (C=O) groups excluding carboxylic acids is 1. The first-order valence-corrected chi connectivity index (χ1v) is 7.96. The summed E-state index contributed by atoms with van der Waals surface area (Å²) < 4.78 is 11.6.